The van der Waals surface area contributed by atoms with Crippen molar-refractivity contribution in [1.82, 2.24) is 20.3 Å². The Morgan fingerprint density at radius 2 is 1.74 bits per heavy atom. The number of benzene rings is 3. The van der Waals surface area contributed by atoms with Crippen LogP contribution in [-0.2, 0) is 4.79 Å². The molecule has 0 aliphatic heterocycles. The van der Waals surface area contributed by atoms with E-state index >= 15 is 0 Å². The Morgan fingerprint density at radius 3 is 2.43 bits per heavy atom. The number of carbonyl (C=O) groups excluding carboxylic acids is 1. The average molecular weight is 530 g/mol. The number of ether oxygens (including phenoxy) is 2. The second-order valence-corrected chi connectivity index (χ2v) is 8.69. The molecule has 1 aromatic heterocycles. The van der Waals surface area contributed by atoms with E-state index in [0.29, 0.717) is 33.6 Å². The molecule has 0 aliphatic carbocycles. The van der Waals surface area contributed by atoms with Crippen molar-refractivity contribution in [2.75, 3.05) is 18.5 Å². The molecule has 0 atom stereocenters. The molecule has 4 aromatic rings. The number of hydrogen-bond donors (Lipinski definition) is 2. The number of fused-ring (bicyclic) bond motifs is 1. The molecule has 3 aromatic carbocycles. The number of carbonyl (C=O) groups is 1. The molecule has 8 nitrogen and oxygen atoms in total. The standard InChI is InChI=1S/C24H21Cl2N5O3S/c1-3-33-17-7-5-16(6-8-17)31-29-20-10-14(2)19(12-21(20)30-31)27-24(35)28-23(32)13-34-22-9-4-15(25)11-18(22)26/h4-12H,3,13H2,1-2H3,(H2,27,28,32,35). The third-order valence-corrected chi connectivity index (χ3v) is 5.59. The molecular weight excluding hydrogens is 509 g/mol. The number of anilines is 1. The summed E-state index contributed by atoms with van der Waals surface area (Å²) < 4.78 is 10.9. The van der Waals surface area contributed by atoms with Gasteiger partial charge in [0.2, 0.25) is 0 Å². The van der Waals surface area contributed by atoms with Gasteiger partial charge in [-0.2, -0.15) is 4.80 Å². The minimum atomic E-state index is -0.436. The monoisotopic (exact) mass is 529 g/mol. The Morgan fingerprint density at radius 1 is 1.03 bits per heavy atom. The molecule has 0 saturated heterocycles. The van der Waals surface area contributed by atoms with E-state index in [1.807, 2.05) is 50.2 Å². The van der Waals surface area contributed by atoms with Crippen LogP contribution in [0.1, 0.15) is 12.5 Å². The molecule has 0 bridgehead atoms. The molecule has 0 radical (unpaired) electrons. The van der Waals surface area contributed by atoms with Crippen LogP contribution >= 0.6 is 35.4 Å². The fraction of sp³-hybridized carbons (Fsp3) is 0.167. The zero-order chi connectivity index (χ0) is 24.9. The number of aromatic nitrogens is 3. The van der Waals surface area contributed by atoms with Crippen molar-refractivity contribution in [2.45, 2.75) is 13.8 Å². The van der Waals surface area contributed by atoms with Crippen LogP contribution in [0.15, 0.2) is 54.6 Å². The van der Waals surface area contributed by atoms with E-state index in [2.05, 4.69) is 20.8 Å². The number of nitrogens with zero attached hydrogens (tertiary/aromatic N) is 3. The van der Waals surface area contributed by atoms with Crippen LogP contribution in [0.5, 0.6) is 11.5 Å². The highest BCUT2D eigenvalue weighted by Gasteiger charge is 2.12. The summed E-state index contributed by atoms with van der Waals surface area (Å²) in [6, 6.07) is 16.0. The first-order valence-corrected chi connectivity index (χ1v) is 11.8. The lowest BCUT2D eigenvalue weighted by Gasteiger charge is -2.12. The Balaban J connectivity index is 1.40. The minimum absolute atomic E-state index is 0.127. The minimum Gasteiger partial charge on any atom is -0.494 e. The van der Waals surface area contributed by atoms with Gasteiger partial charge < -0.3 is 14.8 Å². The third-order valence-electron chi connectivity index (χ3n) is 4.86. The van der Waals surface area contributed by atoms with Crippen LogP contribution in [0.3, 0.4) is 0 Å². The molecule has 11 heteroatoms. The number of aryl methyl sites for hydroxylation is 1. The molecule has 4 rings (SSSR count). The molecular formula is C24H21Cl2N5O3S. The fourth-order valence-electron chi connectivity index (χ4n) is 3.21. The molecule has 0 saturated carbocycles. The lowest BCUT2D eigenvalue weighted by molar-refractivity contribution is -0.121. The van der Waals surface area contributed by atoms with Crippen LogP contribution in [-0.4, -0.2) is 39.2 Å². The van der Waals surface area contributed by atoms with E-state index in [1.54, 1.807) is 16.9 Å². The first kappa shape index (κ1) is 24.7. The van der Waals surface area contributed by atoms with Gasteiger partial charge in [0.1, 0.15) is 22.5 Å². The third kappa shape index (κ3) is 6.19. The van der Waals surface area contributed by atoms with Crippen molar-refractivity contribution < 1.29 is 14.3 Å². The van der Waals surface area contributed by atoms with Crippen molar-refractivity contribution in [1.29, 1.82) is 0 Å². The number of halogens is 2. The second-order valence-electron chi connectivity index (χ2n) is 7.44. The van der Waals surface area contributed by atoms with Gasteiger partial charge in [-0.1, -0.05) is 23.2 Å². The summed E-state index contributed by atoms with van der Waals surface area (Å²) in [4.78, 5) is 13.8. The largest absolute Gasteiger partial charge is 0.494 e. The van der Waals surface area contributed by atoms with Crippen molar-refractivity contribution >= 4 is 63.2 Å². The highest BCUT2D eigenvalue weighted by Crippen LogP contribution is 2.27. The Bertz CT molecular complexity index is 1390. The highest BCUT2D eigenvalue weighted by atomic mass is 35.5. The zero-order valence-corrected chi connectivity index (χ0v) is 21.2. The number of amides is 1. The van der Waals surface area contributed by atoms with Gasteiger partial charge in [0.25, 0.3) is 5.91 Å². The summed E-state index contributed by atoms with van der Waals surface area (Å²) in [5, 5.41) is 15.6. The molecule has 1 heterocycles. The van der Waals surface area contributed by atoms with E-state index in [1.165, 1.54) is 6.07 Å². The zero-order valence-electron chi connectivity index (χ0n) is 18.8. The van der Waals surface area contributed by atoms with Gasteiger partial charge in [0.15, 0.2) is 11.7 Å². The maximum absolute atomic E-state index is 12.3. The van der Waals surface area contributed by atoms with Gasteiger partial charge >= 0.3 is 0 Å². The van der Waals surface area contributed by atoms with Crippen LogP contribution in [0.4, 0.5) is 5.69 Å². The molecule has 180 valence electrons. The average Bonchev–Trinajstić information content (AvgIpc) is 3.22. The summed E-state index contributed by atoms with van der Waals surface area (Å²) in [6.07, 6.45) is 0. The molecule has 35 heavy (non-hydrogen) atoms. The molecule has 0 aliphatic rings. The molecule has 1 amide bonds. The van der Waals surface area contributed by atoms with Crippen molar-refractivity contribution in [2.24, 2.45) is 0 Å². The lowest BCUT2D eigenvalue weighted by Crippen LogP contribution is -2.37. The topological polar surface area (TPSA) is 90.3 Å². The first-order chi connectivity index (χ1) is 16.8. The van der Waals surface area contributed by atoms with E-state index in [4.69, 9.17) is 44.9 Å². The molecule has 0 fully saturated rings. The number of nitrogens with one attached hydrogen (secondary N) is 2. The molecule has 0 unspecified atom stereocenters. The van der Waals surface area contributed by atoms with Crippen LogP contribution in [0, 0.1) is 6.92 Å². The Kier molecular flexibility index (Phi) is 7.70. The van der Waals surface area contributed by atoms with Crippen molar-refractivity contribution in [3.8, 4) is 17.2 Å². The quantitative estimate of drug-likeness (QED) is 0.313. The maximum Gasteiger partial charge on any atom is 0.264 e. The summed E-state index contributed by atoms with van der Waals surface area (Å²) in [6.45, 7) is 4.18. The lowest BCUT2D eigenvalue weighted by atomic mass is 10.2. The predicted molar refractivity (Wildman–Crippen MR) is 141 cm³/mol. The molecule has 2 N–H and O–H groups in total. The maximum atomic E-state index is 12.3. The smallest absolute Gasteiger partial charge is 0.264 e. The second kappa shape index (κ2) is 10.9. The van der Waals surface area contributed by atoms with Gasteiger partial charge in [-0.05, 0) is 86.2 Å². The van der Waals surface area contributed by atoms with E-state index < -0.39 is 5.91 Å². The van der Waals surface area contributed by atoms with E-state index in [9.17, 15) is 4.79 Å². The normalized spacial score (nSPS) is 10.7. The van der Waals surface area contributed by atoms with Crippen LogP contribution in [0.25, 0.3) is 16.7 Å². The van der Waals surface area contributed by atoms with Crippen LogP contribution in [0.2, 0.25) is 10.0 Å². The Labute approximate surface area is 217 Å². The van der Waals surface area contributed by atoms with Gasteiger partial charge in [-0.25, -0.2) is 0 Å². The van der Waals surface area contributed by atoms with Crippen LogP contribution < -0.4 is 20.1 Å². The number of thiocarbonyl (C=S) groups is 1. The SMILES string of the molecule is CCOc1ccc(-n2nc3cc(C)c(NC(=S)NC(=O)COc4ccc(Cl)cc4Cl)cc3n2)cc1. The van der Waals surface area contributed by atoms with Crippen molar-refractivity contribution in [3.63, 3.8) is 0 Å². The first-order valence-electron chi connectivity index (χ1n) is 10.6. The van der Waals surface area contributed by atoms with Crippen molar-refractivity contribution in [3.05, 3.63) is 70.2 Å². The number of hydrogen-bond acceptors (Lipinski definition) is 6. The fourth-order valence-corrected chi connectivity index (χ4v) is 3.90. The Hall–Kier alpha value is -3.40. The summed E-state index contributed by atoms with van der Waals surface area (Å²) in [5.41, 5.74) is 3.78. The predicted octanol–water partition coefficient (Wildman–Crippen LogP) is 5.33. The van der Waals surface area contributed by atoms with E-state index in [0.717, 1.165) is 22.5 Å². The summed E-state index contributed by atoms with van der Waals surface area (Å²) in [5.74, 6) is 0.697. The van der Waals surface area contributed by atoms with E-state index in [-0.39, 0.29) is 11.7 Å². The summed E-state index contributed by atoms with van der Waals surface area (Å²) in [7, 11) is 0. The number of rotatable bonds is 7. The van der Waals surface area contributed by atoms with Gasteiger partial charge in [-0.3, -0.25) is 10.1 Å². The van der Waals surface area contributed by atoms with Gasteiger partial charge in [0.05, 0.1) is 17.3 Å². The van der Waals surface area contributed by atoms with Gasteiger partial charge in [0, 0.05) is 10.7 Å². The molecule has 0 spiro atoms. The summed E-state index contributed by atoms with van der Waals surface area (Å²) >= 11 is 17.2. The van der Waals surface area contributed by atoms with Gasteiger partial charge in [-0.15, -0.1) is 10.2 Å². The highest BCUT2D eigenvalue weighted by molar-refractivity contribution is 7.80.